The van der Waals surface area contributed by atoms with Gasteiger partial charge in [-0.05, 0) is 71.7 Å². The first kappa shape index (κ1) is 15.1. The molecule has 0 saturated heterocycles. The third kappa shape index (κ3) is 4.36. The molecule has 2 aromatic rings. The number of aryl methyl sites for hydroxylation is 1. The zero-order valence-corrected chi connectivity index (χ0v) is 13.5. The smallest absolute Gasteiger partial charge is 0.134 e. The maximum absolute atomic E-state index is 5.84. The van der Waals surface area contributed by atoms with Crippen LogP contribution in [0.3, 0.4) is 0 Å². The predicted octanol–water partition coefficient (Wildman–Crippen LogP) is 4.10. The summed E-state index contributed by atoms with van der Waals surface area (Å²) in [7, 11) is 1.97. The minimum atomic E-state index is 0.591. The molecule has 0 radical (unpaired) electrons. The van der Waals surface area contributed by atoms with Crippen molar-refractivity contribution >= 4 is 15.9 Å². The van der Waals surface area contributed by atoms with E-state index in [9.17, 15) is 0 Å². The molecule has 1 N–H and O–H groups in total. The Morgan fingerprint density at radius 1 is 1.05 bits per heavy atom. The molecule has 0 aliphatic heterocycles. The Bertz CT molecular complexity index is 551. The van der Waals surface area contributed by atoms with E-state index < -0.39 is 0 Å². The number of likely N-dealkylation sites (N-methyl/N-ethyl adjacent to an activating group) is 1. The highest BCUT2D eigenvalue weighted by atomic mass is 79.9. The highest BCUT2D eigenvalue weighted by Crippen LogP contribution is 2.26. The van der Waals surface area contributed by atoms with Gasteiger partial charge in [-0.2, -0.15) is 0 Å². The summed E-state index contributed by atoms with van der Waals surface area (Å²) in [6.45, 7) is 3.67. The maximum atomic E-state index is 5.84. The molecule has 2 aromatic carbocycles. The molecule has 0 heterocycles. The molecule has 0 unspecified atom stereocenters. The van der Waals surface area contributed by atoms with E-state index in [4.69, 9.17) is 4.74 Å². The zero-order chi connectivity index (χ0) is 14.4. The second-order valence-electron chi connectivity index (χ2n) is 4.89. The van der Waals surface area contributed by atoms with Crippen LogP contribution < -0.4 is 10.1 Å². The van der Waals surface area contributed by atoms with Crippen molar-refractivity contribution in [3.63, 3.8) is 0 Å². The number of nitrogens with one attached hydrogen (secondary N) is 1. The number of halogens is 1. The van der Waals surface area contributed by atoms with Crippen LogP contribution in [0.25, 0.3) is 0 Å². The lowest BCUT2D eigenvalue weighted by molar-refractivity contribution is 0.304. The van der Waals surface area contributed by atoms with Gasteiger partial charge in [-0.3, -0.25) is 0 Å². The van der Waals surface area contributed by atoms with Gasteiger partial charge in [0.05, 0.1) is 4.47 Å². The van der Waals surface area contributed by atoms with Crippen LogP contribution in [0.2, 0.25) is 0 Å². The molecule has 0 saturated carbocycles. The van der Waals surface area contributed by atoms with Gasteiger partial charge in [0.1, 0.15) is 12.4 Å². The normalized spacial score (nSPS) is 10.6. The highest BCUT2D eigenvalue weighted by molar-refractivity contribution is 9.10. The van der Waals surface area contributed by atoms with Gasteiger partial charge < -0.3 is 10.1 Å². The molecule has 0 fully saturated rings. The highest BCUT2D eigenvalue weighted by Gasteiger charge is 2.02. The summed E-state index contributed by atoms with van der Waals surface area (Å²) in [5, 5.41) is 3.16. The molecule has 0 aromatic heterocycles. The lowest BCUT2D eigenvalue weighted by Gasteiger charge is -2.09. The minimum absolute atomic E-state index is 0.591. The van der Waals surface area contributed by atoms with Crippen molar-refractivity contribution in [2.75, 3.05) is 13.6 Å². The first-order chi connectivity index (χ1) is 9.69. The van der Waals surface area contributed by atoms with Crippen molar-refractivity contribution in [2.45, 2.75) is 20.0 Å². The minimum Gasteiger partial charge on any atom is -0.488 e. The van der Waals surface area contributed by atoms with Crippen molar-refractivity contribution in [3.8, 4) is 5.75 Å². The van der Waals surface area contributed by atoms with Crippen LogP contribution >= 0.6 is 15.9 Å². The summed E-state index contributed by atoms with van der Waals surface area (Å²) in [6, 6.07) is 14.7. The van der Waals surface area contributed by atoms with Crippen molar-refractivity contribution in [2.24, 2.45) is 0 Å². The van der Waals surface area contributed by atoms with Gasteiger partial charge in [-0.15, -0.1) is 0 Å². The van der Waals surface area contributed by atoms with E-state index in [1.807, 2.05) is 13.1 Å². The number of benzene rings is 2. The standard InChI is InChI=1S/C17H20BrNO/c1-13-3-8-17(16(18)11-13)20-12-15-6-4-14(5-7-15)9-10-19-2/h3-8,11,19H,9-10,12H2,1-2H3. The van der Waals surface area contributed by atoms with Crippen molar-refractivity contribution in [3.05, 3.63) is 63.6 Å². The van der Waals surface area contributed by atoms with Crippen LogP contribution in [0.15, 0.2) is 46.9 Å². The quantitative estimate of drug-likeness (QED) is 0.859. The van der Waals surface area contributed by atoms with Crippen LogP contribution in [0.5, 0.6) is 5.75 Å². The van der Waals surface area contributed by atoms with Gasteiger partial charge in [-0.25, -0.2) is 0 Å². The van der Waals surface area contributed by atoms with Crippen molar-refractivity contribution in [1.82, 2.24) is 5.32 Å². The first-order valence-electron chi connectivity index (χ1n) is 6.80. The molecule has 0 aliphatic carbocycles. The molecule has 20 heavy (non-hydrogen) atoms. The fraction of sp³-hybridized carbons (Fsp3) is 0.294. The second-order valence-corrected chi connectivity index (χ2v) is 5.75. The van der Waals surface area contributed by atoms with E-state index in [0.717, 1.165) is 23.2 Å². The van der Waals surface area contributed by atoms with Crippen molar-refractivity contribution in [1.29, 1.82) is 0 Å². The Labute approximate surface area is 129 Å². The summed E-state index contributed by atoms with van der Waals surface area (Å²) in [5.74, 6) is 0.884. The molecule has 0 atom stereocenters. The number of rotatable bonds is 6. The van der Waals surface area contributed by atoms with Crippen molar-refractivity contribution < 1.29 is 4.74 Å². The average Bonchev–Trinajstić information content (AvgIpc) is 2.45. The molecule has 2 nitrogen and oxygen atoms in total. The van der Waals surface area contributed by atoms with Gasteiger partial charge >= 0.3 is 0 Å². The fourth-order valence-corrected chi connectivity index (χ4v) is 2.56. The topological polar surface area (TPSA) is 21.3 Å². The maximum Gasteiger partial charge on any atom is 0.134 e. The van der Waals surface area contributed by atoms with E-state index in [1.165, 1.54) is 16.7 Å². The molecule has 0 aliphatic rings. The van der Waals surface area contributed by atoms with E-state index in [2.05, 4.69) is 64.6 Å². The summed E-state index contributed by atoms with van der Waals surface area (Å²) in [6.07, 6.45) is 1.06. The van der Waals surface area contributed by atoms with Crippen LogP contribution in [-0.4, -0.2) is 13.6 Å². The SMILES string of the molecule is CNCCc1ccc(COc2ccc(C)cc2Br)cc1. The Kier molecular flexibility index (Phi) is 5.62. The second kappa shape index (κ2) is 7.46. The lowest BCUT2D eigenvalue weighted by Crippen LogP contribution is -2.10. The molecule has 3 heteroatoms. The van der Waals surface area contributed by atoms with E-state index in [1.54, 1.807) is 0 Å². The van der Waals surface area contributed by atoms with Gasteiger partial charge in [0.15, 0.2) is 0 Å². The van der Waals surface area contributed by atoms with Crippen LogP contribution in [0.1, 0.15) is 16.7 Å². The molecule has 0 spiro atoms. The lowest BCUT2D eigenvalue weighted by atomic mass is 10.1. The molecular formula is C17H20BrNO. The zero-order valence-electron chi connectivity index (χ0n) is 11.9. The Morgan fingerprint density at radius 2 is 1.75 bits per heavy atom. The largest absolute Gasteiger partial charge is 0.488 e. The fourth-order valence-electron chi connectivity index (χ4n) is 1.96. The summed E-state index contributed by atoms with van der Waals surface area (Å²) in [4.78, 5) is 0. The molecule has 0 bridgehead atoms. The van der Waals surface area contributed by atoms with E-state index in [0.29, 0.717) is 6.61 Å². The third-order valence-electron chi connectivity index (χ3n) is 3.17. The Balaban J connectivity index is 1.93. The average molecular weight is 334 g/mol. The van der Waals surface area contributed by atoms with Gasteiger partial charge in [0.2, 0.25) is 0 Å². The molecule has 0 amide bonds. The predicted molar refractivity (Wildman–Crippen MR) is 87.3 cm³/mol. The van der Waals surface area contributed by atoms with Crippen LogP contribution in [0.4, 0.5) is 0 Å². The summed E-state index contributed by atoms with van der Waals surface area (Å²) in [5.41, 5.74) is 3.75. The van der Waals surface area contributed by atoms with Crippen LogP contribution in [0, 0.1) is 6.92 Å². The van der Waals surface area contributed by atoms with Gasteiger partial charge in [0.25, 0.3) is 0 Å². The number of hydrogen-bond acceptors (Lipinski definition) is 2. The molecule has 2 rings (SSSR count). The van der Waals surface area contributed by atoms with Gasteiger partial charge in [-0.1, -0.05) is 30.3 Å². The number of ether oxygens (including phenoxy) is 1. The van der Waals surface area contributed by atoms with E-state index >= 15 is 0 Å². The molecule has 106 valence electrons. The third-order valence-corrected chi connectivity index (χ3v) is 3.79. The summed E-state index contributed by atoms with van der Waals surface area (Å²) >= 11 is 3.53. The Morgan fingerprint density at radius 3 is 2.40 bits per heavy atom. The van der Waals surface area contributed by atoms with E-state index in [-0.39, 0.29) is 0 Å². The molecular weight excluding hydrogens is 314 g/mol. The Hall–Kier alpha value is -1.32. The van der Waals surface area contributed by atoms with Gasteiger partial charge in [0, 0.05) is 0 Å². The monoisotopic (exact) mass is 333 g/mol. The summed E-state index contributed by atoms with van der Waals surface area (Å²) < 4.78 is 6.84. The number of hydrogen-bond donors (Lipinski definition) is 1. The first-order valence-corrected chi connectivity index (χ1v) is 7.59. The van der Waals surface area contributed by atoms with Crippen LogP contribution in [-0.2, 0) is 13.0 Å².